The topological polar surface area (TPSA) is 74.8 Å². The van der Waals surface area contributed by atoms with Gasteiger partial charge in [0, 0.05) is 24.0 Å². The molecule has 0 spiro atoms. The third-order valence-corrected chi connectivity index (χ3v) is 5.60. The van der Waals surface area contributed by atoms with Crippen LogP contribution in [0.5, 0.6) is 0 Å². The first-order valence-corrected chi connectivity index (χ1v) is 8.82. The van der Waals surface area contributed by atoms with Crippen LogP contribution in [0.2, 0.25) is 5.02 Å². The van der Waals surface area contributed by atoms with Crippen molar-refractivity contribution >= 4 is 17.5 Å². The predicted octanol–water partition coefficient (Wildman–Crippen LogP) is 2.58. The highest BCUT2D eigenvalue weighted by molar-refractivity contribution is 6.31. The lowest BCUT2D eigenvalue weighted by molar-refractivity contribution is -0.138. The molecule has 1 aromatic carbocycles. The van der Waals surface area contributed by atoms with Crippen molar-refractivity contribution < 1.29 is 4.79 Å². The molecule has 1 aliphatic carbocycles. The zero-order valence-electron chi connectivity index (χ0n) is 13.4. The molecule has 24 heavy (non-hydrogen) atoms. The summed E-state index contributed by atoms with van der Waals surface area (Å²) in [6.45, 7) is 1.50. The Morgan fingerprint density at radius 1 is 1.38 bits per heavy atom. The van der Waals surface area contributed by atoms with Gasteiger partial charge in [-0.05, 0) is 43.7 Å². The van der Waals surface area contributed by atoms with E-state index in [0.717, 1.165) is 49.2 Å². The van der Waals surface area contributed by atoms with E-state index in [2.05, 4.69) is 20.6 Å². The summed E-state index contributed by atoms with van der Waals surface area (Å²) in [7, 11) is 0. The molecule has 1 N–H and O–H groups in total. The van der Waals surface area contributed by atoms with Gasteiger partial charge < -0.3 is 4.90 Å². The summed E-state index contributed by atoms with van der Waals surface area (Å²) in [6, 6.07) is 7.82. The Kier molecular flexibility index (Phi) is 4.00. The zero-order chi connectivity index (χ0) is 16.6. The van der Waals surface area contributed by atoms with Gasteiger partial charge in [-0.2, -0.15) is 5.21 Å². The largest absolute Gasteiger partial charge is 0.341 e. The molecule has 1 amide bonds. The second-order valence-corrected chi connectivity index (χ2v) is 7.32. The fourth-order valence-corrected chi connectivity index (χ4v) is 3.88. The highest BCUT2D eigenvalue weighted by atomic mass is 35.5. The fraction of sp³-hybridized carbons (Fsp3) is 0.529. The first-order chi connectivity index (χ1) is 11.7. The molecule has 6 nitrogen and oxygen atoms in total. The number of hydrogen-bond donors (Lipinski definition) is 1. The van der Waals surface area contributed by atoms with Crippen molar-refractivity contribution in [1.29, 1.82) is 0 Å². The summed E-state index contributed by atoms with van der Waals surface area (Å²) in [4.78, 5) is 15.1. The Balaban J connectivity index is 1.48. The average molecular weight is 346 g/mol. The van der Waals surface area contributed by atoms with Gasteiger partial charge in [-0.3, -0.25) is 4.79 Å². The van der Waals surface area contributed by atoms with E-state index in [-0.39, 0.29) is 17.2 Å². The number of benzene rings is 1. The monoisotopic (exact) mass is 345 g/mol. The summed E-state index contributed by atoms with van der Waals surface area (Å²) in [5, 5.41) is 15.1. The van der Waals surface area contributed by atoms with Gasteiger partial charge >= 0.3 is 0 Å². The second-order valence-electron chi connectivity index (χ2n) is 6.91. The smallest absolute Gasteiger partial charge is 0.229 e. The van der Waals surface area contributed by atoms with Crippen LogP contribution in [0.4, 0.5) is 0 Å². The van der Waals surface area contributed by atoms with E-state index in [0.29, 0.717) is 12.4 Å². The third kappa shape index (κ3) is 2.90. The van der Waals surface area contributed by atoms with Gasteiger partial charge in [-0.15, -0.1) is 10.2 Å². The maximum Gasteiger partial charge on any atom is 0.229 e. The number of aromatic nitrogens is 4. The van der Waals surface area contributed by atoms with Crippen LogP contribution in [-0.4, -0.2) is 44.5 Å². The molecule has 126 valence electrons. The molecule has 1 saturated carbocycles. The number of rotatable bonds is 4. The molecule has 2 aromatic rings. The van der Waals surface area contributed by atoms with E-state index in [1.807, 2.05) is 29.2 Å². The Hall–Kier alpha value is -1.95. The molecule has 0 radical (unpaired) electrons. The van der Waals surface area contributed by atoms with Crippen molar-refractivity contribution in [2.24, 2.45) is 5.41 Å². The number of carbonyl (C=O) groups is 1. The maximum absolute atomic E-state index is 13.1. The molecule has 0 bridgehead atoms. The summed E-state index contributed by atoms with van der Waals surface area (Å²) in [6.07, 6.45) is 4.60. The van der Waals surface area contributed by atoms with E-state index in [9.17, 15) is 4.79 Å². The standard InChI is InChI=1S/C17H20ClN5O/c18-14-6-2-1-4-12(14)10-17(7-8-17)16(24)23-9-3-5-13(11-23)15-19-21-22-20-15/h1-2,4,6,13H,3,5,7-11H2,(H,19,20,21,22). The fourth-order valence-electron chi connectivity index (χ4n) is 3.67. The number of tetrazole rings is 1. The number of carbonyl (C=O) groups excluding carboxylic acids is 1. The highest BCUT2D eigenvalue weighted by Gasteiger charge is 2.52. The van der Waals surface area contributed by atoms with Crippen LogP contribution in [0.3, 0.4) is 0 Å². The van der Waals surface area contributed by atoms with Gasteiger partial charge in [0.15, 0.2) is 5.82 Å². The molecule has 1 unspecified atom stereocenters. The van der Waals surface area contributed by atoms with E-state index in [4.69, 9.17) is 11.6 Å². The minimum Gasteiger partial charge on any atom is -0.341 e. The molecule has 1 aromatic heterocycles. The first-order valence-electron chi connectivity index (χ1n) is 8.44. The Morgan fingerprint density at radius 2 is 2.21 bits per heavy atom. The number of nitrogens with zero attached hydrogens (tertiary/aromatic N) is 4. The minimum atomic E-state index is -0.260. The van der Waals surface area contributed by atoms with Gasteiger partial charge in [0.05, 0.1) is 5.41 Å². The lowest BCUT2D eigenvalue weighted by Gasteiger charge is -2.34. The van der Waals surface area contributed by atoms with Gasteiger partial charge in [-0.1, -0.05) is 35.0 Å². The Morgan fingerprint density at radius 3 is 2.92 bits per heavy atom. The lowest BCUT2D eigenvalue weighted by Crippen LogP contribution is -2.44. The van der Waals surface area contributed by atoms with E-state index in [1.54, 1.807) is 0 Å². The molecule has 2 aliphatic rings. The van der Waals surface area contributed by atoms with E-state index < -0.39 is 0 Å². The number of piperidine rings is 1. The van der Waals surface area contributed by atoms with Crippen LogP contribution < -0.4 is 0 Å². The van der Waals surface area contributed by atoms with Crippen molar-refractivity contribution in [3.8, 4) is 0 Å². The van der Waals surface area contributed by atoms with Crippen molar-refractivity contribution in [2.75, 3.05) is 13.1 Å². The molecule has 1 atom stereocenters. The predicted molar refractivity (Wildman–Crippen MR) is 89.6 cm³/mol. The zero-order valence-corrected chi connectivity index (χ0v) is 14.2. The third-order valence-electron chi connectivity index (χ3n) is 5.23. The molecule has 4 rings (SSSR count). The summed E-state index contributed by atoms with van der Waals surface area (Å²) >= 11 is 6.29. The first kappa shape index (κ1) is 15.6. The van der Waals surface area contributed by atoms with E-state index >= 15 is 0 Å². The van der Waals surface area contributed by atoms with Crippen LogP contribution in [-0.2, 0) is 11.2 Å². The average Bonchev–Trinajstić information content (AvgIpc) is 3.18. The lowest BCUT2D eigenvalue weighted by atomic mass is 9.91. The van der Waals surface area contributed by atoms with E-state index in [1.165, 1.54) is 0 Å². The molecule has 1 aliphatic heterocycles. The normalized spacial score (nSPS) is 22.4. The molecule has 1 saturated heterocycles. The molecule has 2 heterocycles. The molecular formula is C17H20ClN5O. The SMILES string of the molecule is O=C(N1CCCC(c2nn[nH]n2)C1)C1(Cc2ccccc2Cl)CC1. The number of nitrogens with one attached hydrogen (secondary N) is 1. The quantitative estimate of drug-likeness (QED) is 0.924. The van der Waals surface area contributed by atoms with Gasteiger partial charge in [0.2, 0.25) is 5.91 Å². The second kappa shape index (κ2) is 6.16. The van der Waals surface area contributed by atoms with Crippen molar-refractivity contribution in [2.45, 2.75) is 38.0 Å². The van der Waals surface area contributed by atoms with Gasteiger partial charge in [0.1, 0.15) is 0 Å². The van der Waals surface area contributed by atoms with Crippen LogP contribution in [0.1, 0.15) is 43.0 Å². The summed E-state index contributed by atoms with van der Waals surface area (Å²) < 4.78 is 0. The van der Waals surface area contributed by atoms with Crippen molar-refractivity contribution in [3.63, 3.8) is 0 Å². The maximum atomic E-state index is 13.1. The number of hydrogen-bond acceptors (Lipinski definition) is 4. The number of likely N-dealkylation sites (tertiary alicyclic amines) is 1. The van der Waals surface area contributed by atoms with Gasteiger partial charge in [-0.25, -0.2) is 0 Å². The summed E-state index contributed by atoms with van der Waals surface area (Å²) in [5.41, 5.74) is 0.807. The van der Waals surface area contributed by atoms with Crippen molar-refractivity contribution in [1.82, 2.24) is 25.5 Å². The Labute approximate surface area is 145 Å². The van der Waals surface area contributed by atoms with Crippen molar-refractivity contribution in [3.05, 3.63) is 40.7 Å². The number of amides is 1. The van der Waals surface area contributed by atoms with Crippen LogP contribution in [0.25, 0.3) is 0 Å². The highest BCUT2D eigenvalue weighted by Crippen LogP contribution is 2.51. The molecular weight excluding hydrogens is 326 g/mol. The summed E-state index contributed by atoms with van der Waals surface area (Å²) in [5.74, 6) is 1.15. The minimum absolute atomic E-state index is 0.178. The van der Waals surface area contributed by atoms with Gasteiger partial charge in [0.25, 0.3) is 0 Å². The van der Waals surface area contributed by atoms with Crippen LogP contribution in [0, 0.1) is 5.41 Å². The van der Waals surface area contributed by atoms with Crippen LogP contribution >= 0.6 is 11.6 Å². The Bertz CT molecular complexity index is 728. The molecule has 2 fully saturated rings. The number of halogens is 1. The molecule has 7 heteroatoms. The van der Waals surface area contributed by atoms with Crippen LogP contribution in [0.15, 0.2) is 24.3 Å². The number of H-pyrrole nitrogens is 1. The number of aromatic amines is 1.